The van der Waals surface area contributed by atoms with Crippen LogP contribution in [0.25, 0.3) is 0 Å². The molecule has 230 valence electrons. The minimum atomic E-state index is -0.869. The van der Waals surface area contributed by atoms with Gasteiger partial charge in [-0.15, -0.1) is 0 Å². The highest BCUT2D eigenvalue weighted by molar-refractivity contribution is 6.30. The number of carbonyl (C=O) groups excluding carboxylic acids is 1. The summed E-state index contributed by atoms with van der Waals surface area (Å²) in [7, 11) is 0. The highest BCUT2D eigenvalue weighted by Gasteiger charge is 2.43. The van der Waals surface area contributed by atoms with Gasteiger partial charge in [-0.05, 0) is 68.9 Å². The normalized spacial score (nSPS) is 20.7. The molecule has 0 unspecified atom stereocenters. The zero-order chi connectivity index (χ0) is 30.1. The Kier molecular flexibility index (Phi) is 8.60. The fraction of sp³-hybridized carbons (Fsp3) is 0.562. The third-order valence-corrected chi connectivity index (χ3v) is 9.14. The van der Waals surface area contributed by atoms with Crippen LogP contribution in [-0.2, 0) is 30.7 Å². The van der Waals surface area contributed by atoms with Crippen LogP contribution in [0.4, 0.5) is 10.3 Å². The Morgan fingerprint density at radius 2 is 1.95 bits per heavy atom. The van der Waals surface area contributed by atoms with E-state index < -0.39 is 11.4 Å². The van der Waals surface area contributed by atoms with E-state index in [1.807, 2.05) is 6.20 Å². The zero-order valence-electron chi connectivity index (χ0n) is 24.9. The SMILES string of the molecule is CC(C)(O)Cn1cc2c(n1)CCN(C(=O)Cc1ccc(OCC[C@@H]3C[C@@H]3C3CCN(c4ncc(Cl)cn4)CC3)cc1F)C2. The lowest BCUT2D eigenvalue weighted by atomic mass is 9.90. The molecule has 4 heterocycles. The lowest BCUT2D eigenvalue weighted by Gasteiger charge is -2.32. The fourth-order valence-electron chi connectivity index (χ4n) is 6.60. The van der Waals surface area contributed by atoms with Crippen LogP contribution in [-0.4, -0.2) is 67.5 Å². The summed E-state index contributed by atoms with van der Waals surface area (Å²) in [6.45, 7) is 7.35. The van der Waals surface area contributed by atoms with Crippen molar-refractivity contribution in [3.8, 4) is 5.75 Å². The van der Waals surface area contributed by atoms with Crippen LogP contribution in [0, 0.1) is 23.6 Å². The van der Waals surface area contributed by atoms with Gasteiger partial charge in [-0.2, -0.15) is 5.10 Å². The number of amides is 1. The quantitative estimate of drug-likeness (QED) is 0.356. The number of fused-ring (bicyclic) bond motifs is 1. The minimum Gasteiger partial charge on any atom is -0.493 e. The van der Waals surface area contributed by atoms with Crippen molar-refractivity contribution in [3.05, 3.63) is 64.5 Å². The maximum absolute atomic E-state index is 14.9. The van der Waals surface area contributed by atoms with Crippen molar-refractivity contribution in [2.75, 3.05) is 31.1 Å². The summed E-state index contributed by atoms with van der Waals surface area (Å²) in [6.07, 6.45) is 10.3. The molecule has 6 rings (SSSR count). The summed E-state index contributed by atoms with van der Waals surface area (Å²) in [5.41, 5.74) is 1.43. The van der Waals surface area contributed by atoms with E-state index in [1.165, 1.54) is 12.5 Å². The first-order chi connectivity index (χ1) is 20.6. The molecule has 1 aromatic carbocycles. The molecule has 1 aliphatic carbocycles. The number of anilines is 1. The molecule has 43 heavy (non-hydrogen) atoms. The summed E-state index contributed by atoms with van der Waals surface area (Å²) in [4.78, 5) is 25.7. The molecule has 3 aliphatic rings. The molecule has 2 aliphatic heterocycles. The van der Waals surface area contributed by atoms with Crippen molar-refractivity contribution in [2.24, 2.45) is 17.8 Å². The highest BCUT2D eigenvalue weighted by Crippen LogP contribution is 2.49. The summed E-state index contributed by atoms with van der Waals surface area (Å²) >= 11 is 5.91. The average molecular weight is 611 g/mol. The number of hydrogen-bond donors (Lipinski definition) is 1. The third-order valence-electron chi connectivity index (χ3n) is 8.94. The average Bonchev–Trinajstić information content (AvgIpc) is 3.63. The lowest BCUT2D eigenvalue weighted by Crippen LogP contribution is -2.36. The number of nitrogens with zero attached hydrogens (tertiary/aromatic N) is 6. The van der Waals surface area contributed by atoms with Crippen molar-refractivity contribution in [2.45, 2.75) is 71.1 Å². The van der Waals surface area contributed by atoms with E-state index >= 15 is 0 Å². The Morgan fingerprint density at radius 1 is 1.19 bits per heavy atom. The van der Waals surface area contributed by atoms with Gasteiger partial charge < -0.3 is 19.6 Å². The first kappa shape index (κ1) is 29.8. The molecule has 0 radical (unpaired) electrons. The molecule has 1 N–H and O–H groups in total. The Hall–Kier alpha value is -3.24. The molecule has 1 amide bonds. The summed E-state index contributed by atoms with van der Waals surface area (Å²) in [5.74, 6) is 2.86. The maximum Gasteiger partial charge on any atom is 0.227 e. The van der Waals surface area contributed by atoms with E-state index in [-0.39, 0.29) is 12.3 Å². The van der Waals surface area contributed by atoms with Crippen molar-refractivity contribution in [1.82, 2.24) is 24.6 Å². The van der Waals surface area contributed by atoms with Crippen LogP contribution < -0.4 is 9.64 Å². The van der Waals surface area contributed by atoms with Crippen LogP contribution in [0.15, 0.2) is 36.8 Å². The Morgan fingerprint density at radius 3 is 2.67 bits per heavy atom. The number of aromatic nitrogens is 4. The van der Waals surface area contributed by atoms with Gasteiger partial charge in [0.2, 0.25) is 11.9 Å². The van der Waals surface area contributed by atoms with Crippen LogP contribution in [0.2, 0.25) is 5.02 Å². The first-order valence-corrected chi connectivity index (χ1v) is 15.7. The van der Waals surface area contributed by atoms with E-state index in [4.69, 9.17) is 16.3 Å². The molecule has 1 saturated carbocycles. The molecule has 3 aromatic rings. The molecular formula is C32H40ClFN6O3. The topological polar surface area (TPSA) is 96.6 Å². The Labute approximate surface area is 257 Å². The molecule has 9 nitrogen and oxygen atoms in total. The van der Waals surface area contributed by atoms with Crippen LogP contribution in [0.1, 0.15) is 56.4 Å². The largest absolute Gasteiger partial charge is 0.493 e. The molecule has 0 bridgehead atoms. The van der Waals surface area contributed by atoms with Gasteiger partial charge in [0, 0.05) is 50.4 Å². The number of piperidine rings is 1. The van der Waals surface area contributed by atoms with E-state index in [1.54, 1.807) is 48.0 Å². The van der Waals surface area contributed by atoms with Gasteiger partial charge >= 0.3 is 0 Å². The Bertz CT molecular complexity index is 1430. The van der Waals surface area contributed by atoms with Gasteiger partial charge in [-0.3, -0.25) is 9.48 Å². The maximum atomic E-state index is 14.9. The number of carbonyl (C=O) groups is 1. The predicted molar refractivity (Wildman–Crippen MR) is 161 cm³/mol. The number of halogens is 2. The number of hydrogen-bond acceptors (Lipinski definition) is 7. The van der Waals surface area contributed by atoms with Gasteiger partial charge in [0.1, 0.15) is 11.6 Å². The molecule has 1 saturated heterocycles. The van der Waals surface area contributed by atoms with Crippen LogP contribution >= 0.6 is 11.6 Å². The molecule has 0 spiro atoms. The van der Waals surface area contributed by atoms with Crippen molar-refractivity contribution < 1.29 is 19.0 Å². The van der Waals surface area contributed by atoms with E-state index in [2.05, 4.69) is 20.0 Å². The highest BCUT2D eigenvalue weighted by atomic mass is 35.5. The van der Waals surface area contributed by atoms with Gasteiger partial charge in [-0.25, -0.2) is 14.4 Å². The third kappa shape index (κ3) is 7.47. The number of ether oxygens (including phenoxy) is 1. The Balaban J connectivity index is 0.924. The van der Waals surface area contributed by atoms with Gasteiger partial charge in [0.15, 0.2) is 0 Å². The van der Waals surface area contributed by atoms with Gasteiger partial charge in [-0.1, -0.05) is 17.7 Å². The van der Waals surface area contributed by atoms with E-state index in [9.17, 15) is 14.3 Å². The monoisotopic (exact) mass is 610 g/mol. The number of rotatable bonds is 10. The lowest BCUT2D eigenvalue weighted by molar-refractivity contribution is -0.131. The van der Waals surface area contributed by atoms with E-state index in [0.717, 1.165) is 61.4 Å². The van der Waals surface area contributed by atoms with Crippen LogP contribution in [0.5, 0.6) is 5.75 Å². The van der Waals surface area contributed by atoms with Gasteiger partial charge in [0.05, 0.1) is 48.3 Å². The molecule has 2 aromatic heterocycles. The number of aliphatic hydroxyl groups is 1. The molecule has 11 heteroatoms. The smallest absolute Gasteiger partial charge is 0.227 e. The zero-order valence-corrected chi connectivity index (χ0v) is 25.6. The van der Waals surface area contributed by atoms with Gasteiger partial charge in [0.25, 0.3) is 0 Å². The van der Waals surface area contributed by atoms with Crippen LogP contribution in [0.3, 0.4) is 0 Å². The summed E-state index contributed by atoms with van der Waals surface area (Å²) < 4.78 is 22.6. The standard InChI is InChI=1S/C32H40ClFN6O3/c1-32(2,42)20-40-19-24-18-39(11-7-29(24)37-40)30(41)14-23-3-4-26(15-28(23)34)43-12-8-22-13-27(22)21-5-9-38(10-6-21)31-35-16-25(33)17-36-31/h3-4,15-17,19,21-22,27,42H,5-14,18,20H2,1-2H3/t22-,27-/m1/s1. The fourth-order valence-corrected chi connectivity index (χ4v) is 6.70. The van der Waals surface area contributed by atoms with E-state index in [0.29, 0.717) is 54.9 Å². The van der Waals surface area contributed by atoms with Crippen molar-refractivity contribution >= 4 is 23.5 Å². The molecule has 2 atom stereocenters. The number of benzene rings is 1. The summed E-state index contributed by atoms with van der Waals surface area (Å²) in [6, 6.07) is 4.83. The molecular weight excluding hydrogens is 571 g/mol. The summed E-state index contributed by atoms with van der Waals surface area (Å²) in [5, 5.41) is 15.2. The second-order valence-corrected chi connectivity index (χ2v) is 13.4. The predicted octanol–water partition coefficient (Wildman–Crippen LogP) is 4.69. The molecule has 2 fully saturated rings. The minimum absolute atomic E-state index is 0.00592. The second-order valence-electron chi connectivity index (χ2n) is 12.9. The van der Waals surface area contributed by atoms with Crippen molar-refractivity contribution in [3.63, 3.8) is 0 Å². The second kappa shape index (κ2) is 12.4. The first-order valence-electron chi connectivity index (χ1n) is 15.3. The van der Waals surface area contributed by atoms with Crippen molar-refractivity contribution in [1.29, 1.82) is 0 Å².